The first-order chi connectivity index (χ1) is 7.54. The summed E-state index contributed by atoms with van der Waals surface area (Å²) in [5.41, 5.74) is 3.68. The van der Waals surface area contributed by atoms with E-state index in [0.29, 0.717) is 6.42 Å². The number of hydrogen-bond donors (Lipinski definition) is 1. The van der Waals surface area contributed by atoms with Gasteiger partial charge in [0.15, 0.2) is 0 Å². The lowest BCUT2D eigenvalue weighted by Crippen LogP contribution is -2.26. The fourth-order valence-corrected chi connectivity index (χ4v) is 1.84. The Labute approximate surface area is 98.1 Å². The van der Waals surface area contributed by atoms with Crippen LogP contribution in [0.25, 0.3) is 0 Å². The molecule has 0 aliphatic heterocycles. The minimum Gasteiger partial charge on any atom is -0.350 e. The molecule has 1 aromatic carbocycles. The van der Waals surface area contributed by atoms with Gasteiger partial charge in [-0.25, -0.2) is 0 Å². The van der Waals surface area contributed by atoms with Gasteiger partial charge in [0.25, 0.3) is 0 Å². The predicted molar refractivity (Wildman–Crippen MR) is 67.4 cm³/mol. The van der Waals surface area contributed by atoms with Crippen LogP contribution in [-0.4, -0.2) is 5.91 Å². The smallest absolute Gasteiger partial charge is 0.220 e. The van der Waals surface area contributed by atoms with E-state index in [-0.39, 0.29) is 11.9 Å². The average molecular weight is 219 g/mol. The van der Waals surface area contributed by atoms with Gasteiger partial charge in [-0.2, -0.15) is 0 Å². The third-order valence-electron chi connectivity index (χ3n) is 2.76. The van der Waals surface area contributed by atoms with E-state index in [9.17, 15) is 4.79 Å². The number of rotatable bonds is 4. The van der Waals surface area contributed by atoms with Gasteiger partial charge in [0.2, 0.25) is 5.91 Å². The molecule has 1 amide bonds. The van der Waals surface area contributed by atoms with E-state index >= 15 is 0 Å². The van der Waals surface area contributed by atoms with Crippen LogP contribution in [0.15, 0.2) is 18.2 Å². The Hall–Kier alpha value is -1.31. The van der Waals surface area contributed by atoms with Crippen molar-refractivity contribution in [2.45, 2.75) is 46.6 Å². The standard InChI is InChI=1S/C14H21NO/c1-5-6-14(16)15-12(4)13-9-10(2)7-8-11(13)3/h7-9,12H,5-6H2,1-4H3,(H,15,16)/t12-/m1/s1. The maximum atomic E-state index is 11.5. The molecular weight excluding hydrogens is 198 g/mol. The molecule has 0 spiro atoms. The van der Waals surface area contributed by atoms with Crippen LogP contribution in [0.5, 0.6) is 0 Å². The Balaban J connectivity index is 2.76. The van der Waals surface area contributed by atoms with E-state index in [4.69, 9.17) is 0 Å². The first-order valence-electron chi connectivity index (χ1n) is 5.91. The Morgan fingerprint density at radius 1 is 1.38 bits per heavy atom. The molecule has 0 aromatic heterocycles. The van der Waals surface area contributed by atoms with Crippen molar-refractivity contribution in [1.29, 1.82) is 0 Å². The lowest BCUT2D eigenvalue weighted by molar-refractivity contribution is -0.121. The molecule has 16 heavy (non-hydrogen) atoms. The van der Waals surface area contributed by atoms with Crippen LogP contribution in [-0.2, 0) is 4.79 Å². The van der Waals surface area contributed by atoms with Crippen molar-refractivity contribution in [3.63, 3.8) is 0 Å². The highest BCUT2D eigenvalue weighted by Gasteiger charge is 2.10. The molecule has 0 aliphatic carbocycles. The lowest BCUT2D eigenvalue weighted by atomic mass is 10.00. The summed E-state index contributed by atoms with van der Waals surface area (Å²) in [6.45, 7) is 8.21. The fraction of sp³-hybridized carbons (Fsp3) is 0.500. The number of hydrogen-bond acceptors (Lipinski definition) is 1. The van der Waals surface area contributed by atoms with Crippen LogP contribution in [0, 0.1) is 13.8 Å². The molecule has 0 bridgehead atoms. The maximum Gasteiger partial charge on any atom is 0.220 e. The highest BCUT2D eigenvalue weighted by molar-refractivity contribution is 5.76. The van der Waals surface area contributed by atoms with Crippen molar-refractivity contribution >= 4 is 5.91 Å². The van der Waals surface area contributed by atoms with Gasteiger partial charge in [-0.15, -0.1) is 0 Å². The quantitative estimate of drug-likeness (QED) is 0.827. The largest absolute Gasteiger partial charge is 0.350 e. The van der Waals surface area contributed by atoms with Gasteiger partial charge in [0.05, 0.1) is 6.04 Å². The second kappa shape index (κ2) is 5.69. The second-order valence-electron chi connectivity index (χ2n) is 4.40. The molecule has 0 radical (unpaired) electrons. The predicted octanol–water partition coefficient (Wildman–Crippen LogP) is 3.28. The van der Waals surface area contributed by atoms with E-state index in [1.54, 1.807) is 0 Å². The Morgan fingerprint density at radius 3 is 2.69 bits per heavy atom. The van der Waals surface area contributed by atoms with Crippen molar-refractivity contribution in [2.24, 2.45) is 0 Å². The van der Waals surface area contributed by atoms with Crippen LogP contribution >= 0.6 is 0 Å². The van der Waals surface area contributed by atoms with Crippen LogP contribution in [0.1, 0.15) is 49.4 Å². The first kappa shape index (κ1) is 12.8. The van der Waals surface area contributed by atoms with Gasteiger partial charge in [0, 0.05) is 6.42 Å². The number of benzene rings is 1. The summed E-state index contributed by atoms with van der Waals surface area (Å²) in [4.78, 5) is 11.5. The molecule has 0 saturated carbocycles. The zero-order valence-electron chi connectivity index (χ0n) is 10.6. The van der Waals surface area contributed by atoms with E-state index in [1.165, 1.54) is 16.7 Å². The monoisotopic (exact) mass is 219 g/mol. The minimum absolute atomic E-state index is 0.0962. The molecule has 88 valence electrons. The maximum absolute atomic E-state index is 11.5. The number of amides is 1. The van der Waals surface area contributed by atoms with Crippen LogP contribution in [0.4, 0.5) is 0 Å². The third-order valence-corrected chi connectivity index (χ3v) is 2.76. The summed E-state index contributed by atoms with van der Waals surface area (Å²) >= 11 is 0. The summed E-state index contributed by atoms with van der Waals surface area (Å²) in [6.07, 6.45) is 1.50. The molecule has 2 heteroatoms. The Morgan fingerprint density at radius 2 is 2.06 bits per heavy atom. The highest BCUT2D eigenvalue weighted by atomic mass is 16.1. The number of nitrogens with one attached hydrogen (secondary N) is 1. The van der Waals surface area contributed by atoms with E-state index in [1.807, 2.05) is 13.8 Å². The number of carbonyl (C=O) groups is 1. The van der Waals surface area contributed by atoms with Crippen molar-refractivity contribution in [3.05, 3.63) is 34.9 Å². The molecule has 1 aromatic rings. The zero-order chi connectivity index (χ0) is 12.1. The van der Waals surface area contributed by atoms with Gasteiger partial charge in [-0.1, -0.05) is 30.7 Å². The molecule has 0 heterocycles. The lowest BCUT2D eigenvalue weighted by Gasteiger charge is -2.17. The van der Waals surface area contributed by atoms with Crippen molar-refractivity contribution in [3.8, 4) is 0 Å². The molecule has 0 unspecified atom stereocenters. The van der Waals surface area contributed by atoms with Crippen molar-refractivity contribution < 1.29 is 4.79 Å². The summed E-state index contributed by atoms with van der Waals surface area (Å²) in [6, 6.07) is 6.44. The molecule has 0 saturated heterocycles. The van der Waals surface area contributed by atoms with Gasteiger partial charge in [-0.05, 0) is 38.3 Å². The van der Waals surface area contributed by atoms with Gasteiger partial charge < -0.3 is 5.32 Å². The van der Waals surface area contributed by atoms with Crippen LogP contribution in [0.2, 0.25) is 0 Å². The van der Waals surface area contributed by atoms with Crippen LogP contribution < -0.4 is 5.32 Å². The topological polar surface area (TPSA) is 29.1 Å². The molecule has 1 N–H and O–H groups in total. The first-order valence-corrected chi connectivity index (χ1v) is 5.91. The SMILES string of the molecule is CCCC(=O)N[C@H](C)c1cc(C)ccc1C. The van der Waals surface area contributed by atoms with Gasteiger partial charge >= 0.3 is 0 Å². The Kier molecular flexibility index (Phi) is 4.53. The van der Waals surface area contributed by atoms with E-state index in [2.05, 4.69) is 37.4 Å². The summed E-state index contributed by atoms with van der Waals surface area (Å²) in [7, 11) is 0. The number of carbonyl (C=O) groups excluding carboxylic acids is 1. The zero-order valence-corrected chi connectivity index (χ0v) is 10.6. The van der Waals surface area contributed by atoms with Crippen molar-refractivity contribution in [2.75, 3.05) is 0 Å². The normalized spacial score (nSPS) is 12.2. The highest BCUT2D eigenvalue weighted by Crippen LogP contribution is 2.18. The van der Waals surface area contributed by atoms with Crippen molar-refractivity contribution in [1.82, 2.24) is 5.32 Å². The molecular formula is C14H21NO. The number of aryl methyl sites for hydroxylation is 2. The molecule has 0 fully saturated rings. The summed E-state index contributed by atoms with van der Waals surface area (Å²) < 4.78 is 0. The average Bonchev–Trinajstić information content (AvgIpc) is 2.21. The Bertz CT molecular complexity index is 371. The summed E-state index contributed by atoms with van der Waals surface area (Å²) in [5.74, 6) is 0.135. The van der Waals surface area contributed by atoms with Gasteiger partial charge in [0.1, 0.15) is 0 Å². The molecule has 1 atom stereocenters. The van der Waals surface area contributed by atoms with Gasteiger partial charge in [-0.3, -0.25) is 4.79 Å². The molecule has 0 aliphatic rings. The molecule has 1 rings (SSSR count). The van der Waals surface area contributed by atoms with E-state index in [0.717, 1.165) is 6.42 Å². The minimum atomic E-state index is 0.0962. The van der Waals surface area contributed by atoms with E-state index < -0.39 is 0 Å². The van der Waals surface area contributed by atoms with Crippen LogP contribution in [0.3, 0.4) is 0 Å². The fourth-order valence-electron chi connectivity index (χ4n) is 1.84. The third kappa shape index (κ3) is 3.37. The second-order valence-corrected chi connectivity index (χ2v) is 4.40. The molecule has 2 nitrogen and oxygen atoms in total. The summed E-state index contributed by atoms with van der Waals surface area (Å²) in [5, 5.41) is 3.03.